The molecular formula is C10H11FN2O2. The summed E-state index contributed by atoms with van der Waals surface area (Å²) >= 11 is 0. The maximum Gasteiger partial charge on any atom is 0.338 e. The molecule has 0 aliphatic heterocycles. The SMILES string of the molecule is C=CCN(C)c1nccc(C(=O)O)c1F. The molecule has 0 bridgehead atoms. The Kier molecular flexibility index (Phi) is 3.38. The second-order valence-corrected chi connectivity index (χ2v) is 2.97. The third kappa shape index (κ3) is 2.31. The van der Waals surface area contributed by atoms with Gasteiger partial charge >= 0.3 is 5.97 Å². The van der Waals surface area contributed by atoms with Gasteiger partial charge in [-0.25, -0.2) is 14.2 Å². The normalized spacial score (nSPS) is 9.73. The fourth-order valence-corrected chi connectivity index (χ4v) is 1.14. The van der Waals surface area contributed by atoms with Gasteiger partial charge in [0.25, 0.3) is 0 Å². The maximum atomic E-state index is 13.6. The monoisotopic (exact) mass is 210 g/mol. The van der Waals surface area contributed by atoms with Crippen molar-refractivity contribution in [1.82, 2.24) is 4.98 Å². The van der Waals surface area contributed by atoms with Crippen molar-refractivity contribution < 1.29 is 14.3 Å². The molecule has 0 radical (unpaired) electrons. The van der Waals surface area contributed by atoms with E-state index < -0.39 is 11.8 Å². The standard InChI is InChI=1S/C10H11FN2O2/c1-3-6-13(2)9-8(11)7(10(14)15)4-5-12-9/h3-5H,1,6H2,2H3,(H,14,15). The molecule has 4 nitrogen and oxygen atoms in total. The highest BCUT2D eigenvalue weighted by Crippen LogP contribution is 2.17. The zero-order valence-corrected chi connectivity index (χ0v) is 8.27. The minimum atomic E-state index is -1.30. The van der Waals surface area contributed by atoms with E-state index in [1.165, 1.54) is 11.1 Å². The number of likely N-dealkylation sites (N-methyl/N-ethyl adjacent to an activating group) is 1. The van der Waals surface area contributed by atoms with Gasteiger partial charge in [-0.15, -0.1) is 6.58 Å². The Balaban J connectivity index is 3.14. The van der Waals surface area contributed by atoms with Gasteiger partial charge in [0.05, 0.1) is 0 Å². The van der Waals surface area contributed by atoms with Gasteiger partial charge in [-0.2, -0.15) is 0 Å². The van der Waals surface area contributed by atoms with Crippen LogP contribution >= 0.6 is 0 Å². The Bertz CT molecular complexity index is 393. The van der Waals surface area contributed by atoms with E-state index in [-0.39, 0.29) is 11.4 Å². The number of carbonyl (C=O) groups is 1. The molecule has 1 heterocycles. The number of halogens is 1. The molecule has 0 spiro atoms. The number of aromatic carboxylic acids is 1. The van der Waals surface area contributed by atoms with Crippen LogP contribution in [0.5, 0.6) is 0 Å². The van der Waals surface area contributed by atoms with Gasteiger partial charge in [-0.3, -0.25) is 0 Å². The zero-order valence-electron chi connectivity index (χ0n) is 8.27. The summed E-state index contributed by atoms with van der Waals surface area (Å²) in [5.41, 5.74) is -0.379. The first-order chi connectivity index (χ1) is 7.07. The number of pyridine rings is 1. The predicted octanol–water partition coefficient (Wildman–Crippen LogP) is 1.54. The van der Waals surface area contributed by atoms with Crippen LogP contribution < -0.4 is 4.90 Å². The molecule has 1 rings (SSSR count). The van der Waals surface area contributed by atoms with Crippen molar-refractivity contribution in [3.63, 3.8) is 0 Å². The molecule has 0 saturated heterocycles. The van der Waals surface area contributed by atoms with E-state index in [0.717, 1.165) is 6.07 Å². The van der Waals surface area contributed by atoms with E-state index in [2.05, 4.69) is 11.6 Å². The third-order valence-corrected chi connectivity index (χ3v) is 1.87. The lowest BCUT2D eigenvalue weighted by Crippen LogP contribution is -2.20. The number of aromatic nitrogens is 1. The van der Waals surface area contributed by atoms with Gasteiger partial charge in [-0.1, -0.05) is 6.08 Å². The minimum Gasteiger partial charge on any atom is -0.478 e. The fourth-order valence-electron chi connectivity index (χ4n) is 1.14. The first-order valence-electron chi connectivity index (χ1n) is 4.27. The molecule has 0 atom stereocenters. The summed E-state index contributed by atoms with van der Waals surface area (Å²) in [6, 6.07) is 1.13. The second kappa shape index (κ2) is 4.54. The van der Waals surface area contributed by atoms with Crippen LogP contribution in [0.2, 0.25) is 0 Å². The van der Waals surface area contributed by atoms with E-state index in [0.29, 0.717) is 6.54 Å². The van der Waals surface area contributed by atoms with Crippen LogP contribution in [0.25, 0.3) is 0 Å². The average molecular weight is 210 g/mol. The van der Waals surface area contributed by atoms with E-state index in [9.17, 15) is 9.18 Å². The van der Waals surface area contributed by atoms with Crippen LogP contribution in [0.15, 0.2) is 24.9 Å². The molecule has 15 heavy (non-hydrogen) atoms. The number of anilines is 1. The quantitative estimate of drug-likeness (QED) is 0.766. The molecule has 0 aliphatic rings. The van der Waals surface area contributed by atoms with Crippen molar-refractivity contribution in [1.29, 1.82) is 0 Å². The van der Waals surface area contributed by atoms with Crippen molar-refractivity contribution in [2.24, 2.45) is 0 Å². The number of rotatable bonds is 4. The number of hydrogen-bond donors (Lipinski definition) is 1. The van der Waals surface area contributed by atoms with Gasteiger partial charge in [0.2, 0.25) is 0 Å². The Hall–Kier alpha value is -1.91. The van der Waals surface area contributed by atoms with Crippen molar-refractivity contribution in [2.45, 2.75) is 0 Å². The van der Waals surface area contributed by atoms with Crippen LogP contribution in [0.4, 0.5) is 10.2 Å². The van der Waals surface area contributed by atoms with E-state index in [4.69, 9.17) is 5.11 Å². The fraction of sp³-hybridized carbons (Fsp3) is 0.200. The molecule has 5 heteroatoms. The van der Waals surface area contributed by atoms with Crippen LogP contribution in [0.3, 0.4) is 0 Å². The van der Waals surface area contributed by atoms with E-state index in [1.807, 2.05) is 0 Å². The van der Waals surface area contributed by atoms with Crippen LogP contribution in [-0.4, -0.2) is 29.7 Å². The summed E-state index contributed by atoms with van der Waals surface area (Å²) in [7, 11) is 1.61. The van der Waals surface area contributed by atoms with Crippen molar-refractivity contribution >= 4 is 11.8 Å². The Labute approximate surface area is 86.7 Å². The molecule has 0 saturated carbocycles. The largest absolute Gasteiger partial charge is 0.478 e. The summed E-state index contributed by atoms with van der Waals surface area (Å²) in [5, 5.41) is 8.70. The van der Waals surface area contributed by atoms with Crippen molar-refractivity contribution in [3.8, 4) is 0 Å². The second-order valence-electron chi connectivity index (χ2n) is 2.97. The highest BCUT2D eigenvalue weighted by atomic mass is 19.1. The summed E-state index contributed by atoms with van der Waals surface area (Å²) in [6.07, 6.45) is 2.84. The molecular weight excluding hydrogens is 199 g/mol. The van der Waals surface area contributed by atoms with Gasteiger partial charge in [-0.05, 0) is 6.07 Å². The molecule has 0 aromatic carbocycles. The number of nitrogens with zero attached hydrogens (tertiary/aromatic N) is 2. The number of carboxylic acid groups (broad SMARTS) is 1. The minimum absolute atomic E-state index is 0.00907. The first kappa shape index (κ1) is 11.2. The van der Waals surface area contributed by atoms with Gasteiger partial charge in [0.15, 0.2) is 11.6 Å². The highest BCUT2D eigenvalue weighted by molar-refractivity contribution is 5.88. The molecule has 0 amide bonds. The van der Waals surface area contributed by atoms with Gasteiger partial charge < -0.3 is 10.0 Å². The lowest BCUT2D eigenvalue weighted by molar-refractivity contribution is 0.0692. The van der Waals surface area contributed by atoms with Crippen LogP contribution in [-0.2, 0) is 0 Å². The molecule has 1 N–H and O–H groups in total. The molecule has 1 aromatic heterocycles. The summed E-state index contributed by atoms with van der Waals surface area (Å²) in [5.74, 6) is -2.12. The van der Waals surface area contributed by atoms with E-state index >= 15 is 0 Å². The molecule has 0 unspecified atom stereocenters. The zero-order chi connectivity index (χ0) is 11.4. The van der Waals surface area contributed by atoms with Crippen molar-refractivity contribution in [2.75, 3.05) is 18.5 Å². The predicted molar refractivity (Wildman–Crippen MR) is 54.6 cm³/mol. The molecule has 0 fully saturated rings. The molecule has 80 valence electrons. The summed E-state index contributed by atoms with van der Waals surface area (Å²) in [6.45, 7) is 3.90. The summed E-state index contributed by atoms with van der Waals surface area (Å²) in [4.78, 5) is 15.9. The topological polar surface area (TPSA) is 53.4 Å². The Morgan fingerprint density at radius 2 is 2.47 bits per heavy atom. The lowest BCUT2D eigenvalue weighted by Gasteiger charge is -2.16. The first-order valence-corrected chi connectivity index (χ1v) is 4.27. The average Bonchev–Trinajstić information content (AvgIpc) is 2.17. The summed E-state index contributed by atoms with van der Waals surface area (Å²) < 4.78 is 13.6. The van der Waals surface area contributed by atoms with Gasteiger partial charge in [0.1, 0.15) is 5.56 Å². The molecule has 0 aliphatic carbocycles. The highest BCUT2D eigenvalue weighted by Gasteiger charge is 2.16. The van der Waals surface area contributed by atoms with Crippen molar-refractivity contribution in [3.05, 3.63) is 36.3 Å². The van der Waals surface area contributed by atoms with E-state index in [1.54, 1.807) is 13.1 Å². The van der Waals surface area contributed by atoms with Crippen LogP contribution in [0.1, 0.15) is 10.4 Å². The Morgan fingerprint density at radius 3 is 3.00 bits per heavy atom. The third-order valence-electron chi connectivity index (χ3n) is 1.87. The number of hydrogen-bond acceptors (Lipinski definition) is 3. The smallest absolute Gasteiger partial charge is 0.338 e. The lowest BCUT2D eigenvalue weighted by atomic mass is 10.2. The number of carboxylic acids is 1. The van der Waals surface area contributed by atoms with Crippen LogP contribution in [0, 0.1) is 5.82 Å². The van der Waals surface area contributed by atoms with Gasteiger partial charge in [0, 0.05) is 19.8 Å². The molecule has 1 aromatic rings. The maximum absolute atomic E-state index is 13.6. The Morgan fingerprint density at radius 1 is 1.80 bits per heavy atom.